The molecular weight excluding hydrogens is 376 g/mol. The number of hydrogen-bond acceptors (Lipinski definition) is 6. The molecule has 0 bridgehead atoms. The molecule has 1 saturated heterocycles. The first-order valence-corrected chi connectivity index (χ1v) is 9.92. The van der Waals surface area contributed by atoms with Gasteiger partial charge in [-0.05, 0) is 30.7 Å². The number of esters is 1. The molecule has 0 radical (unpaired) electrons. The number of aliphatic imine (C=N–C) groups is 1. The van der Waals surface area contributed by atoms with Gasteiger partial charge in [0, 0.05) is 5.56 Å². The van der Waals surface area contributed by atoms with Gasteiger partial charge in [-0.2, -0.15) is 0 Å². The van der Waals surface area contributed by atoms with Crippen LogP contribution in [-0.4, -0.2) is 42.2 Å². The van der Waals surface area contributed by atoms with Crippen LogP contribution >= 0.6 is 11.8 Å². The molecule has 0 spiro atoms. The van der Waals surface area contributed by atoms with Gasteiger partial charge < -0.3 is 9.47 Å². The fourth-order valence-corrected chi connectivity index (χ4v) is 4.78. The van der Waals surface area contributed by atoms with Gasteiger partial charge in [0.15, 0.2) is 5.17 Å². The van der Waals surface area contributed by atoms with E-state index in [2.05, 4.69) is 4.99 Å². The van der Waals surface area contributed by atoms with E-state index in [1.807, 2.05) is 36.4 Å². The molecule has 2 aromatic carbocycles. The van der Waals surface area contributed by atoms with Crippen molar-refractivity contribution in [3.63, 3.8) is 0 Å². The normalized spacial score (nSPS) is 19.0. The Labute approximate surface area is 167 Å². The molecular formula is C21H20N2O4S. The second-order valence-corrected chi connectivity index (χ2v) is 7.58. The molecule has 2 aromatic rings. The summed E-state index contributed by atoms with van der Waals surface area (Å²) in [5.74, 6) is 0.139. The average Bonchev–Trinajstić information content (AvgIpc) is 3.01. The Bertz CT molecular complexity index is 1040. The van der Waals surface area contributed by atoms with Crippen molar-refractivity contribution in [3.8, 4) is 5.75 Å². The standard InChI is InChI=1S/C21H20N2O4S/c1-4-27-20(25)15-11-23-19(24)18(28-21(23)22-12(15)2)17-14-8-6-5-7-13(14)9-10-16(17)26-3/h5-10,18H,4,11H2,1-3H3. The van der Waals surface area contributed by atoms with Crippen molar-refractivity contribution < 1.29 is 19.1 Å². The van der Waals surface area contributed by atoms with Gasteiger partial charge in [0.05, 0.1) is 31.5 Å². The molecule has 0 aliphatic carbocycles. The summed E-state index contributed by atoms with van der Waals surface area (Å²) in [5.41, 5.74) is 1.85. The third kappa shape index (κ3) is 2.96. The number of allylic oxidation sites excluding steroid dienone is 1. The first kappa shape index (κ1) is 18.6. The molecule has 1 unspecified atom stereocenters. The molecule has 0 N–H and O–H groups in total. The van der Waals surface area contributed by atoms with Gasteiger partial charge in [0.2, 0.25) is 5.91 Å². The van der Waals surface area contributed by atoms with E-state index in [-0.39, 0.29) is 19.1 Å². The number of nitrogens with zero attached hydrogens (tertiary/aromatic N) is 2. The van der Waals surface area contributed by atoms with Crippen LogP contribution in [0.2, 0.25) is 0 Å². The van der Waals surface area contributed by atoms with E-state index in [4.69, 9.17) is 9.47 Å². The Hall–Kier alpha value is -2.80. The molecule has 6 nitrogen and oxygen atoms in total. The fraction of sp³-hybridized carbons (Fsp3) is 0.286. The van der Waals surface area contributed by atoms with Gasteiger partial charge >= 0.3 is 5.97 Å². The molecule has 144 valence electrons. The summed E-state index contributed by atoms with van der Waals surface area (Å²) in [7, 11) is 1.60. The Balaban J connectivity index is 1.74. The lowest BCUT2D eigenvalue weighted by Crippen LogP contribution is -2.36. The topological polar surface area (TPSA) is 68.2 Å². The van der Waals surface area contributed by atoms with Gasteiger partial charge in [-0.25, -0.2) is 9.79 Å². The number of thioether (sulfide) groups is 1. The number of rotatable bonds is 4. The molecule has 2 aliphatic heterocycles. The van der Waals surface area contributed by atoms with Crippen molar-refractivity contribution >= 4 is 39.6 Å². The maximum absolute atomic E-state index is 13.3. The summed E-state index contributed by atoms with van der Waals surface area (Å²) in [5, 5.41) is 2.15. The van der Waals surface area contributed by atoms with Crippen molar-refractivity contribution in [2.24, 2.45) is 4.99 Å². The Morgan fingerprint density at radius 2 is 2.07 bits per heavy atom. The number of fused-ring (bicyclic) bond motifs is 2. The minimum Gasteiger partial charge on any atom is -0.496 e. The molecule has 2 heterocycles. The summed E-state index contributed by atoms with van der Waals surface area (Å²) in [6.07, 6.45) is 0. The van der Waals surface area contributed by atoms with E-state index in [1.54, 1.807) is 25.9 Å². The van der Waals surface area contributed by atoms with E-state index in [9.17, 15) is 9.59 Å². The summed E-state index contributed by atoms with van der Waals surface area (Å²) in [6.45, 7) is 3.99. The number of carbonyl (C=O) groups excluding carboxylic acids is 2. The van der Waals surface area contributed by atoms with E-state index in [0.717, 1.165) is 16.3 Å². The minimum absolute atomic E-state index is 0.104. The lowest BCUT2D eigenvalue weighted by Gasteiger charge is -2.22. The summed E-state index contributed by atoms with van der Waals surface area (Å²) in [4.78, 5) is 31.6. The van der Waals surface area contributed by atoms with Gasteiger partial charge in [-0.1, -0.05) is 42.1 Å². The molecule has 28 heavy (non-hydrogen) atoms. The van der Waals surface area contributed by atoms with E-state index in [1.165, 1.54) is 11.8 Å². The molecule has 1 fully saturated rings. The van der Waals surface area contributed by atoms with Gasteiger partial charge in [-0.15, -0.1) is 0 Å². The smallest absolute Gasteiger partial charge is 0.337 e. The SMILES string of the molecule is CCOC(=O)C1=C(C)N=C2SC(c3c(OC)ccc4ccccc34)C(=O)N2C1. The van der Waals surface area contributed by atoms with Crippen LogP contribution in [0.4, 0.5) is 0 Å². The van der Waals surface area contributed by atoms with Crippen molar-refractivity contribution in [1.29, 1.82) is 0 Å². The highest BCUT2D eigenvalue weighted by molar-refractivity contribution is 8.15. The predicted octanol–water partition coefficient (Wildman–Crippen LogP) is 3.67. The monoisotopic (exact) mass is 396 g/mol. The van der Waals surface area contributed by atoms with Crippen molar-refractivity contribution in [2.45, 2.75) is 19.1 Å². The van der Waals surface area contributed by atoms with Gasteiger partial charge in [-0.3, -0.25) is 9.69 Å². The first-order chi connectivity index (χ1) is 13.5. The second-order valence-electron chi connectivity index (χ2n) is 6.50. The zero-order chi connectivity index (χ0) is 19.8. The van der Waals surface area contributed by atoms with Crippen LogP contribution in [0.25, 0.3) is 10.8 Å². The van der Waals surface area contributed by atoms with Crippen molar-refractivity contribution in [3.05, 3.63) is 53.2 Å². The molecule has 1 atom stereocenters. The lowest BCUT2D eigenvalue weighted by molar-refractivity contribution is -0.138. The average molecular weight is 396 g/mol. The van der Waals surface area contributed by atoms with Crippen LogP contribution in [0.5, 0.6) is 5.75 Å². The maximum Gasteiger partial charge on any atom is 0.337 e. The molecule has 0 aromatic heterocycles. The van der Waals surface area contributed by atoms with Crippen LogP contribution in [0, 0.1) is 0 Å². The highest BCUT2D eigenvalue weighted by Crippen LogP contribution is 2.47. The van der Waals surface area contributed by atoms with Crippen LogP contribution < -0.4 is 4.74 Å². The van der Waals surface area contributed by atoms with Crippen LogP contribution in [0.1, 0.15) is 24.7 Å². The Kier molecular flexibility index (Phi) is 4.85. The highest BCUT2D eigenvalue weighted by Gasteiger charge is 2.43. The minimum atomic E-state index is -0.478. The number of benzene rings is 2. The molecule has 1 amide bonds. The van der Waals surface area contributed by atoms with E-state index in [0.29, 0.717) is 22.2 Å². The van der Waals surface area contributed by atoms with Crippen LogP contribution in [-0.2, 0) is 14.3 Å². The zero-order valence-electron chi connectivity index (χ0n) is 15.9. The zero-order valence-corrected chi connectivity index (χ0v) is 16.7. The third-order valence-corrected chi connectivity index (χ3v) is 6.09. The van der Waals surface area contributed by atoms with E-state index >= 15 is 0 Å². The number of carbonyl (C=O) groups is 2. The number of ether oxygens (including phenoxy) is 2. The third-order valence-electron chi connectivity index (χ3n) is 4.90. The summed E-state index contributed by atoms with van der Waals surface area (Å²) in [6, 6.07) is 11.8. The van der Waals surface area contributed by atoms with Crippen LogP contribution in [0.15, 0.2) is 52.7 Å². The summed E-state index contributed by atoms with van der Waals surface area (Å²) >= 11 is 1.39. The first-order valence-electron chi connectivity index (χ1n) is 9.04. The van der Waals surface area contributed by atoms with Crippen LogP contribution in [0.3, 0.4) is 0 Å². The number of methoxy groups -OCH3 is 1. The number of amidine groups is 1. The predicted molar refractivity (Wildman–Crippen MR) is 109 cm³/mol. The lowest BCUT2D eigenvalue weighted by atomic mass is 10.00. The highest BCUT2D eigenvalue weighted by atomic mass is 32.2. The quantitative estimate of drug-likeness (QED) is 0.738. The Morgan fingerprint density at radius 3 is 2.82 bits per heavy atom. The molecule has 4 rings (SSSR count). The Morgan fingerprint density at radius 1 is 1.29 bits per heavy atom. The summed E-state index contributed by atoms with van der Waals surface area (Å²) < 4.78 is 10.7. The largest absolute Gasteiger partial charge is 0.496 e. The van der Waals surface area contributed by atoms with Gasteiger partial charge in [0.25, 0.3) is 0 Å². The molecule has 0 saturated carbocycles. The number of hydrogen-bond donors (Lipinski definition) is 0. The maximum atomic E-state index is 13.3. The van der Waals surface area contributed by atoms with E-state index < -0.39 is 11.2 Å². The van der Waals surface area contributed by atoms with Crippen molar-refractivity contribution in [1.82, 2.24) is 4.90 Å². The number of amides is 1. The molecule has 2 aliphatic rings. The molecule has 7 heteroatoms. The van der Waals surface area contributed by atoms with Gasteiger partial charge in [0.1, 0.15) is 11.0 Å². The van der Waals surface area contributed by atoms with Crippen molar-refractivity contribution in [2.75, 3.05) is 20.3 Å². The second kappa shape index (κ2) is 7.31. The fourth-order valence-electron chi connectivity index (χ4n) is 3.51.